The van der Waals surface area contributed by atoms with E-state index >= 15 is 0 Å². The fourth-order valence-electron chi connectivity index (χ4n) is 2.61. The van der Waals surface area contributed by atoms with Gasteiger partial charge in [-0.2, -0.15) is 4.98 Å². The zero-order valence-electron chi connectivity index (χ0n) is 14.6. The van der Waals surface area contributed by atoms with E-state index in [0.29, 0.717) is 32.4 Å². The molecule has 0 fully saturated rings. The molecule has 0 bridgehead atoms. The number of ether oxygens (including phenoxy) is 2. The standard InChI is InChI=1S/C18H18FN3O3S/c1-10-14-17(25-3)21-13(9-24-2)22-18(14)26-15(10)16(23)20-8-11-5-4-6-12(19)7-11/h4-7H,8-9H2,1-3H3,(H,20,23). The quantitative estimate of drug-likeness (QED) is 0.716. The Labute approximate surface area is 154 Å². The van der Waals surface area contributed by atoms with Crippen molar-refractivity contribution in [3.8, 4) is 5.88 Å². The third kappa shape index (κ3) is 3.66. The summed E-state index contributed by atoms with van der Waals surface area (Å²) >= 11 is 1.27. The fraction of sp³-hybridized carbons (Fsp3) is 0.278. The Morgan fingerprint density at radius 2 is 2.12 bits per heavy atom. The first kappa shape index (κ1) is 18.2. The minimum Gasteiger partial charge on any atom is -0.480 e. The monoisotopic (exact) mass is 375 g/mol. The molecule has 0 aliphatic rings. The molecule has 3 rings (SSSR count). The summed E-state index contributed by atoms with van der Waals surface area (Å²) in [5.74, 6) is 0.329. The summed E-state index contributed by atoms with van der Waals surface area (Å²) in [6.45, 7) is 2.32. The summed E-state index contributed by atoms with van der Waals surface area (Å²) in [6.07, 6.45) is 0. The van der Waals surface area contributed by atoms with Crippen LogP contribution in [0.15, 0.2) is 24.3 Å². The summed E-state index contributed by atoms with van der Waals surface area (Å²) in [5, 5.41) is 3.53. The van der Waals surface area contributed by atoms with Gasteiger partial charge >= 0.3 is 0 Å². The number of hydrogen-bond acceptors (Lipinski definition) is 6. The molecule has 1 amide bonds. The molecule has 0 saturated heterocycles. The lowest BCUT2D eigenvalue weighted by Crippen LogP contribution is -2.22. The number of fused-ring (bicyclic) bond motifs is 1. The summed E-state index contributed by atoms with van der Waals surface area (Å²) in [7, 11) is 3.09. The average molecular weight is 375 g/mol. The molecular weight excluding hydrogens is 357 g/mol. The molecule has 0 spiro atoms. The van der Waals surface area contributed by atoms with Gasteiger partial charge in [-0.05, 0) is 30.2 Å². The maximum atomic E-state index is 13.3. The molecule has 8 heteroatoms. The second-order valence-corrected chi connectivity index (χ2v) is 6.63. The van der Waals surface area contributed by atoms with Gasteiger partial charge in [0.15, 0.2) is 5.82 Å². The van der Waals surface area contributed by atoms with Crippen molar-refractivity contribution in [2.45, 2.75) is 20.1 Å². The van der Waals surface area contributed by atoms with Crippen molar-refractivity contribution < 1.29 is 18.7 Å². The predicted molar refractivity (Wildman–Crippen MR) is 97.0 cm³/mol. The summed E-state index contributed by atoms with van der Waals surface area (Å²) in [4.78, 5) is 22.5. The predicted octanol–water partition coefficient (Wildman–Crippen LogP) is 3.22. The topological polar surface area (TPSA) is 73.3 Å². The van der Waals surface area contributed by atoms with E-state index in [1.807, 2.05) is 6.92 Å². The maximum absolute atomic E-state index is 13.3. The van der Waals surface area contributed by atoms with Crippen LogP contribution in [0, 0.1) is 12.7 Å². The molecule has 2 heterocycles. The largest absolute Gasteiger partial charge is 0.480 e. The van der Waals surface area contributed by atoms with E-state index in [4.69, 9.17) is 9.47 Å². The van der Waals surface area contributed by atoms with Crippen molar-refractivity contribution in [2.24, 2.45) is 0 Å². The maximum Gasteiger partial charge on any atom is 0.261 e. The van der Waals surface area contributed by atoms with Crippen LogP contribution in [-0.2, 0) is 17.9 Å². The van der Waals surface area contributed by atoms with E-state index in [1.165, 1.54) is 30.6 Å². The number of aryl methyl sites for hydroxylation is 1. The minimum atomic E-state index is -0.333. The van der Waals surface area contributed by atoms with Crippen LogP contribution in [0.3, 0.4) is 0 Å². The van der Waals surface area contributed by atoms with Crippen molar-refractivity contribution in [3.05, 3.63) is 51.9 Å². The molecule has 26 heavy (non-hydrogen) atoms. The fourth-order valence-corrected chi connectivity index (χ4v) is 3.72. The van der Waals surface area contributed by atoms with Crippen LogP contribution < -0.4 is 10.1 Å². The van der Waals surface area contributed by atoms with E-state index < -0.39 is 0 Å². The van der Waals surface area contributed by atoms with Crippen LogP contribution in [-0.4, -0.2) is 30.1 Å². The molecule has 0 unspecified atom stereocenters. The first-order valence-electron chi connectivity index (χ1n) is 7.89. The van der Waals surface area contributed by atoms with Gasteiger partial charge in [0, 0.05) is 13.7 Å². The number of hydrogen-bond donors (Lipinski definition) is 1. The van der Waals surface area contributed by atoms with Crippen molar-refractivity contribution >= 4 is 27.5 Å². The van der Waals surface area contributed by atoms with Gasteiger partial charge in [-0.3, -0.25) is 4.79 Å². The lowest BCUT2D eigenvalue weighted by atomic mass is 10.2. The number of carbonyl (C=O) groups is 1. The first-order valence-corrected chi connectivity index (χ1v) is 8.70. The van der Waals surface area contributed by atoms with Gasteiger partial charge in [0.05, 0.1) is 17.4 Å². The number of nitrogens with zero attached hydrogens (tertiary/aromatic N) is 2. The number of amides is 1. The Bertz CT molecular complexity index is 958. The molecule has 0 radical (unpaired) electrons. The van der Waals surface area contributed by atoms with Crippen LogP contribution in [0.25, 0.3) is 10.2 Å². The van der Waals surface area contributed by atoms with Crippen molar-refractivity contribution in [2.75, 3.05) is 14.2 Å². The minimum absolute atomic E-state index is 0.238. The van der Waals surface area contributed by atoms with Crippen LogP contribution in [0.1, 0.15) is 26.6 Å². The number of thiophene rings is 1. The number of aromatic nitrogens is 2. The van der Waals surface area contributed by atoms with E-state index in [1.54, 1.807) is 19.2 Å². The van der Waals surface area contributed by atoms with Gasteiger partial charge in [0.1, 0.15) is 17.3 Å². The lowest BCUT2D eigenvalue weighted by molar-refractivity contribution is 0.0954. The molecule has 0 atom stereocenters. The molecule has 6 nitrogen and oxygen atoms in total. The third-order valence-corrected chi connectivity index (χ3v) is 5.00. The van der Waals surface area contributed by atoms with Crippen LogP contribution in [0.2, 0.25) is 0 Å². The number of methoxy groups -OCH3 is 2. The number of nitrogens with one attached hydrogen (secondary N) is 1. The highest BCUT2D eigenvalue weighted by atomic mass is 32.1. The molecule has 0 aliphatic carbocycles. The first-order chi connectivity index (χ1) is 12.5. The molecule has 1 N–H and O–H groups in total. The number of halogens is 1. The van der Waals surface area contributed by atoms with Gasteiger partial charge in [-0.1, -0.05) is 12.1 Å². The van der Waals surface area contributed by atoms with Gasteiger partial charge in [0.2, 0.25) is 5.88 Å². The molecule has 136 valence electrons. The summed E-state index contributed by atoms with van der Waals surface area (Å²) < 4.78 is 23.7. The Morgan fingerprint density at radius 3 is 2.81 bits per heavy atom. The normalized spacial score (nSPS) is 10.9. The highest BCUT2D eigenvalue weighted by molar-refractivity contribution is 7.20. The second kappa shape index (κ2) is 7.76. The van der Waals surface area contributed by atoms with Crippen LogP contribution in [0.5, 0.6) is 5.88 Å². The smallest absolute Gasteiger partial charge is 0.261 e. The highest BCUT2D eigenvalue weighted by Gasteiger charge is 2.21. The molecular formula is C18H18FN3O3S. The molecule has 1 aromatic carbocycles. The number of rotatable bonds is 6. The van der Waals surface area contributed by atoms with Gasteiger partial charge in [0.25, 0.3) is 5.91 Å². The van der Waals surface area contributed by atoms with E-state index in [-0.39, 0.29) is 24.9 Å². The second-order valence-electron chi connectivity index (χ2n) is 5.63. The molecule has 3 aromatic rings. The number of carbonyl (C=O) groups excluding carboxylic acids is 1. The zero-order valence-corrected chi connectivity index (χ0v) is 15.4. The summed E-state index contributed by atoms with van der Waals surface area (Å²) in [5.41, 5.74) is 1.44. The third-order valence-electron chi connectivity index (χ3n) is 3.82. The molecule has 2 aromatic heterocycles. The van der Waals surface area contributed by atoms with Gasteiger partial charge in [-0.15, -0.1) is 11.3 Å². The number of benzene rings is 1. The van der Waals surface area contributed by atoms with E-state index in [0.717, 1.165) is 5.56 Å². The van der Waals surface area contributed by atoms with Crippen LogP contribution >= 0.6 is 11.3 Å². The molecule has 0 aliphatic heterocycles. The Balaban J connectivity index is 1.89. The Hall–Kier alpha value is -2.58. The van der Waals surface area contributed by atoms with E-state index in [9.17, 15) is 9.18 Å². The van der Waals surface area contributed by atoms with Crippen molar-refractivity contribution in [1.29, 1.82) is 0 Å². The van der Waals surface area contributed by atoms with Gasteiger partial charge in [-0.25, -0.2) is 9.37 Å². The highest BCUT2D eigenvalue weighted by Crippen LogP contribution is 2.35. The zero-order chi connectivity index (χ0) is 18.7. The van der Waals surface area contributed by atoms with Gasteiger partial charge < -0.3 is 14.8 Å². The molecule has 0 saturated carbocycles. The van der Waals surface area contributed by atoms with E-state index in [2.05, 4.69) is 15.3 Å². The average Bonchev–Trinajstić information content (AvgIpc) is 2.96. The van der Waals surface area contributed by atoms with Crippen molar-refractivity contribution in [3.63, 3.8) is 0 Å². The van der Waals surface area contributed by atoms with Crippen molar-refractivity contribution in [1.82, 2.24) is 15.3 Å². The lowest BCUT2D eigenvalue weighted by Gasteiger charge is -2.06. The SMILES string of the molecule is COCc1nc(OC)c2c(C)c(C(=O)NCc3cccc(F)c3)sc2n1. The summed E-state index contributed by atoms with van der Waals surface area (Å²) in [6, 6.07) is 6.12. The Morgan fingerprint density at radius 1 is 1.31 bits per heavy atom. The Kier molecular flexibility index (Phi) is 5.43. The van der Waals surface area contributed by atoms with Crippen LogP contribution in [0.4, 0.5) is 4.39 Å².